The van der Waals surface area contributed by atoms with E-state index in [1.165, 1.54) is 5.56 Å². The Morgan fingerprint density at radius 2 is 1.93 bits per heavy atom. The highest BCUT2D eigenvalue weighted by molar-refractivity contribution is 5.69. The molecule has 2 aliphatic heterocycles. The van der Waals surface area contributed by atoms with E-state index in [-0.39, 0.29) is 5.97 Å². The van der Waals surface area contributed by atoms with Crippen LogP contribution in [0.4, 0.5) is 5.82 Å². The third kappa shape index (κ3) is 4.74. The molecule has 1 fully saturated rings. The number of hydrogen-bond acceptors (Lipinski definition) is 7. The number of fused-ring (bicyclic) bond motifs is 1. The summed E-state index contributed by atoms with van der Waals surface area (Å²) < 4.78 is 10.6. The predicted octanol–water partition coefficient (Wildman–Crippen LogP) is 2.29. The first-order chi connectivity index (χ1) is 14.2. The summed E-state index contributed by atoms with van der Waals surface area (Å²) in [6, 6.07) is 10.2. The number of benzene rings is 1. The van der Waals surface area contributed by atoms with E-state index in [0.717, 1.165) is 55.5 Å². The summed E-state index contributed by atoms with van der Waals surface area (Å²) in [5, 5.41) is 0. The third-order valence-corrected chi connectivity index (χ3v) is 5.40. The van der Waals surface area contributed by atoms with Crippen molar-refractivity contribution in [1.29, 1.82) is 0 Å². The van der Waals surface area contributed by atoms with E-state index in [9.17, 15) is 4.79 Å². The molecule has 3 heterocycles. The molecule has 0 aliphatic carbocycles. The summed E-state index contributed by atoms with van der Waals surface area (Å²) in [6.07, 6.45) is 1.27. The van der Waals surface area contributed by atoms with Crippen LogP contribution < -0.4 is 4.90 Å². The lowest BCUT2D eigenvalue weighted by Gasteiger charge is -2.34. The Morgan fingerprint density at radius 3 is 2.69 bits per heavy atom. The molecule has 2 aromatic rings. The SMILES string of the molecule is CCOC(=O)CCN1CCc2nc(-c3ccccc3)nc(N3CCOCC3)c2C1. The second-order valence-electron chi connectivity index (χ2n) is 7.34. The fourth-order valence-corrected chi connectivity index (χ4v) is 3.88. The van der Waals surface area contributed by atoms with Gasteiger partial charge in [-0.2, -0.15) is 0 Å². The van der Waals surface area contributed by atoms with E-state index in [1.54, 1.807) is 0 Å². The van der Waals surface area contributed by atoms with Gasteiger partial charge in [-0.25, -0.2) is 9.97 Å². The van der Waals surface area contributed by atoms with Gasteiger partial charge in [0.25, 0.3) is 0 Å². The molecule has 1 aromatic heterocycles. The van der Waals surface area contributed by atoms with Crippen molar-refractivity contribution in [2.24, 2.45) is 0 Å². The number of rotatable bonds is 6. The molecule has 1 saturated heterocycles. The highest BCUT2D eigenvalue weighted by Gasteiger charge is 2.26. The van der Waals surface area contributed by atoms with Gasteiger partial charge in [-0.05, 0) is 6.92 Å². The Balaban J connectivity index is 1.61. The third-order valence-electron chi connectivity index (χ3n) is 5.40. The molecular weight excluding hydrogens is 368 g/mol. The number of carbonyl (C=O) groups excluding carboxylic acids is 1. The van der Waals surface area contributed by atoms with Crippen molar-refractivity contribution in [2.75, 3.05) is 50.9 Å². The maximum atomic E-state index is 11.8. The van der Waals surface area contributed by atoms with Crippen LogP contribution in [0.15, 0.2) is 30.3 Å². The summed E-state index contributed by atoms with van der Waals surface area (Å²) in [6.45, 7) is 7.71. The minimum atomic E-state index is -0.137. The van der Waals surface area contributed by atoms with Crippen LogP contribution >= 0.6 is 0 Å². The lowest BCUT2D eigenvalue weighted by atomic mass is 10.0. The first-order valence-corrected chi connectivity index (χ1v) is 10.4. The second kappa shape index (κ2) is 9.33. The minimum absolute atomic E-state index is 0.137. The maximum Gasteiger partial charge on any atom is 0.307 e. The molecule has 2 aliphatic rings. The molecule has 0 spiro atoms. The van der Waals surface area contributed by atoms with Crippen LogP contribution in [0.2, 0.25) is 0 Å². The van der Waals surface area contributed by atoms with Gasteiger partial charge in [-0.3, -0.25) is 9.69 Å². The molecule has 0 unspecified atom stereocenters. The maximum absolute atomic E-state index is 11.8. The van der Waals surface area contributed by atoms with Gasteiger partial charge in [-0.15, -0.1) is 0 Å². The van der Waals surface area contributed by atoms with Crippen molar-refractivity contribution in [3.63, 3.8) is 0 Å². The highest BCUT2D eigenvalue weighted by atomic mass is 16.5. The fraction of sp³-hybridized carbons (Fsp3) is 0.500. The quantitative estimate of drug-likeness (QED) is 0.694. The number of aromatic nitrogens is 2. The summed E-state index contributed by atoms with van der Waals surface area (Å²) in [5.74, 6) is 1.66. The largest absolute Gasteiger partial charge is 0.466 e. The molecule has 0 atom stereocenters. The number of nitrogens with zero attached hydrogens (tertiary/aromatic N) is 4. The summed E-state index contributed by atoms with van der Waals surface area (Å²) >= 11 is 0. The van der Waals surface area contributed by atoms with Gasteiger partial charge < -0.3 is 14.4 Å². The van der Waals surface area contributed by atoms with Crippen molar-refractivity contribution in [3.05, 3.63) is 41.6 Å². The average molecular weight is 396 g/mol. The van der Waals surface area contributed by atoms with Gasteiger partial charge >= 0.3 is 5.97 Å². The van der Waals surface area contributed by atoms with Crippen LogP contribution in [0.25, 0.3) is 11.4 Å². The predicted molar refractivity (Wildman–Crippen MR) is 111 cm³/mol. The molecule has 0 N–H and O–H groups in total. The van der Waals surface area contributed by atoms with Crippen LogP contribution in [-0.4, -0.2) is 66.8 Å². The molecule has 154 valence electrons. The molecule has 0 saturated carbocycles. The van der Waals surface area contributed by atoms with Gasteiger partial charge in [0, 0.05) is 50.3 Å². The number of carbonyl (C=O) groups is 1. The molecular formula is C22H28N4O3. The second-order valence-corrected chi connectivity index (χ2v) is 7.34. The molecule has 0 amide bonds. The van der Waals surface area contributed by atoms with Crippen LogP contribution in [0.1, 0.15) is 24.6 Å². The monoisotopic (exact) mass is 396 g/mol. The van der Waals surface area contributed by atoms with Crippen LogP contribution in [-0.2, 0) is 27.2 Å². The van der Waals surface area contributed by atoms with E-state index >= 15 is 0 Å². The number of morpholine rings is 1. The standard InChI is InChI=1S/C22H28N4O3/c1-2-29-20(27)9-11-25-10-8-19-18(16-25)22(26-12-14-28-15-13-26)24-21(23-19)17-6-4-3-5-7-17/h3-7H,2,8-16H2,1H3. The topological polar surface area (TPSA) is 67.8 Å². The number of anilines is 1. The summed E-state index contributed by atoms with van der Waals surface area (Å²) in [4.78, 5) is 26.3. The molecule has 29 heavy (non-hydrogen) atoms. The van der Waals surface area contributed by atoms with Crippen molar-refractivity contribution in [3.8, 4) is 11.4 Å². The van der Waals surface area contributed by atoms with Crippen LogP contribution in [0.3, 0.4) is 0 Å². The van der Waals surface area contributed by atoms with Gasteiger partial charge in [0.15, 0.2) is 5.82 Å². The fourth-order valence-electron chi connectivity index (χ4n) is 3.88. The molecule has 1 aromatic carbocycles. The molecule has 0 radical (unpaired) electrons. The van der Waals surface area contributed by atoms with E-state index < -0.39 is 0 Å². The van der Waals surface area contributed by atoms with E-state index in [1.807, 2.05) is 25.1 Å². The van der Waals surface area contributed by atoms with Crippen molar-refractivity contribution in [2.45, 2.75) is 26.3 Å². The number of ether oxygens (including phenoxy) is 2. The first kappa shape index (κ1) is 19.8. The van der Waals surface area contributed by atoms with E-state index in [0.29, 0.717) is 32.8 Å². The summed E-state index contributed by atoms with van der Waals surface area (Å²) in [7, 11) is 0. The molecule has 7 nitrogen and oxygen atoms in total. The van der Waals surface area contributed by atoms with Crippen molar-refractivity contribution < 1.29 is 14.3 Å². The number of esters is 1. The Kier molecular flexibility index (Phi) is 6.36. The van der Waals surface area contributed by atoms with Crippen molar-refractivity contribution in [1.82, 2.24) is 14.9 Å². The zero-order valence-electron chi connectivity index (χ0n) is 17.0. The average Bonchev–Trinajstić information content (AvgIpc) is 2.78. The first-order valence-electron chi connectivity index (χ1n) is 10.4. The van der Waals surface area contributed by atoms with E-state index in [2.05, 4.69) is 21.9 Å². The highest BCUT2D eigenvalue weighted by Crippen LogP contribution is 2.30. The zero-order chi connectivity index (χ0) is 20.1. The zero-order valence-corrected chi connectivity index (χ0v) is 17.0. The van der Waals surface area contributed by atoms with Gasteiger partial charge in [0.1, 0.15) is 5.82 Å². The smallest absolute Gasteiger partial charge is 0.307 e. The Bertz CT molecular complexity index is 837. The number of hydrogen-bond donors (Lipinski definition) is 0. The Hall–Kier alpha value is -2.51. The normalized spacial score (nSPS) is 17.1. The minimum Gasteiger partial charge on any atom is -0.466 e. The molecule has 0 bridgehead atoms. The van der Waals surface area contributed by atoms with Crippen molar-refractivity contribution >= 4 is 11.8 Å². The lowest BCUT2D eigenvalue weighted by Crippen LogP contribution is -2.40. The van der Waals surface area contributed by atoms with Crippen LogP contribution in [0, 0.1) is 0 Å². The lowest BCUT2D eigenvalue weighted by molar-refractivity contribution is -0.143. The van der Waals surface area contributed by atoms with Gasteiger partial charge in [-0.1, -0.05) is 30.3 Å². The molecule has 7 heteroatoms. The van der Waals surface area contributed by atoms with Gasteiger partial charge in [0.2, 0.25) is 0 Å². The Labute approximate surface area is 171 Å². The molecule has 4 rings (SSSR count). The van der Waals surface area contributed by atoms with E-state index in [4.69, 9.17) is 19.4 Å². The summed E-state index contributed by atoms with van der Waals surface area (Å²) in [5.41, 5.74) is 3.34. The van der Waals surface area contributed by atoms with Gasteiger partial charge in [0.05, 0.1) is 31.9 Å². The van der Waals surface area contributed by atoms with Crippen LogP contribution in [0.5, 0.6) is 0 Å². The Morgan fingerprint density at radius 1 is 1.14 bits per heavy atom.